The molecule has 0 radical (unpaired) electrons. The largest absolute Gasteiger partial charge is 0.398 e. The Morgan fingerprint density at radius 2 is 2.00 bits per heavy atom. The number of fused-ring (bicyclic) bond motifs is 1. The Labute approximate surface area is 159 Å². The van der Waals surface area contributed by atoms with Gasteiger partial charge < -0.3 is 15.2 Å². The minimum absolute atomic E-state index is 0. The summed E-state index contributed by atoms with van der Waals surface area (Å²) in [6, 6.07) is 14.4. The second kappa shape index (κ2) is 7.79. The van der Waals surface area contributed by atoms with Crippen LogP contribution < -0.4 is 10.6 Å². The fourth-order valence-corrected chi connectivity index (χ4v) is 3.46. The van der Waals surface area contributed by atoms with Crippen LogP contribution in [-0.4, -0.2) is 16.7 Å². The van der Waals surface area contributed by atoms with Gasteiger partial charge >= 0.3 is 0 Å². The summed E-state index contributed by atoms with van der Waals surface area (Å²) in [5.74, 6) is 1.38. The zero-order chi connectivity index (χ0) is 17.2. The van der Waals surface area contributed by atoms with Gasteiger partial charge in [-0.05, 0) is 48.6 Å². The number of nitrogens with zero attached hydrogens (tertiary/aromatic N) is 3. The van der Waals surface area contributed by atoms with Crippen molar-refractivity contribution in [3.8, 4) is 0 Å². The number of nitrogen functional groups attached to an aromatic ring is 1. The van der Waals surface area contributed by atoms with Crippen LogP contribution in [-0.2, 0) is 19.4 Å². The topological polar surface area (TPSA) is 68.2 Å². The summed E-state index contributed by atoms with van der Waals surface area (Å²) >= 11 is 0. The molecule has 1 aliphatic rings. The van der Waals surface area contributed by atoms with Gasteiger partial charge in [0.15, 0.2) is 5.82 Å². The Balaban J connectivity index is 0.00000196. The predicted molar refractivity (Wildman–Crippen MR) is 106 cm³/mol. The lowest BCUT2D eigenvalue weighted by molar-refractivity contribution is 0.378. The van der Waals surface area contributed by atoms with Crippen molar-refractivity contribution < 1.29 is 4.52 Å². The molecule has 0 saturated heterocycles. The fourth-order valence-electron chi connectivity index (χ4n) is 3.46. The van der Waals surface area contributed by atoms with Crippen molar-refractivity contribution >= 4 is 23.8 Å². The first-order valence-electron chi connectivity index (χ1n) is 8.69. The van der Waals surface area contributed by atoms with Crippen molar-refractivity contribution in [2.45, 2.75) is 32.7 Å². The number of aromatic nitrogens is 2. The van der Waals surface area contributed by atoms with Crippen LogP contribution >= 0.6 is 12.4 Å². The second-order valence-corrected chi connectivity index (χ2v) is 6.58. The van der Waals surface area contributed by atoms with Gasteiger partial charge in [0.05, 0.1) is 13.0 Å². The third kappa shape index (κ3) is 3.68. The maximum absolute atomic E-state index is 6.12. The van der Waals surface area contributed by atoms with Gasteiger partial charge in [-0.1, -0.05) is 35.5 Å². The summed E-state index contributed by atoms with van der Waals surface area (Å²) in [5.41, 5.74) is 11.9. The van der Waals surface area contributed by atoms with E-state index in [4.69, 9.17) is 10.3 Å². The smallest absolute Gasteiger partial charge is 0.231 e. The average Bonchev–Trinajstić information content (AvgIpc) is 3.05. The van der Waals surface area contributed by atoms with Crippen LogP contribution in [0.15, 0.2) is 47.0 Å². The van der Waals surface area contributed by atoms with Gasteiger partial charge in [-0.3, -0.25) is 0 Å². The molecule has 136 valence electrons. The molecule has 2 aromatic carbocycles. The summed E-state index contributed by atoms with van der Waals surface area (Å²) in [4.78, 5) is 6.87. The van der Waals surface area contributed by atoms with Gasteiger partial charge in [-0.2, -0.15) is 4.98 Å². The number of nitrogens with two attached hydrogens (primary N) is 1. The Kier molecular flexibility index (Phi) is 5.47. The molecule has 0 fully saturated rings. The fraction of sp³-hybridized carbons (Fsp3) is 0.300. The van der Waals surface area contributed by atoms with E-state index in [1.165, 1.54) is 22.4 Å². The van der Waals surface area contributed by atoms with Crippen LogP contribution in [0.3, 0.4) is 0 Å². The Morgan fingerprint density at radius 3 is 2.85 bits per heavy atom. The highest BCUT2D eigenvalue weighted by Gasteiger charge is 2.20. The SMILES string of the molecule is Cc1ccccc1Cc1nc(CN2CCCc3c(N)cccc32)no1.Cl. The summed E-state index contributed by atoms with van der Waals surface area (Å²) in [5, 5.41) is 4.17. The number of halogens is 1. The number of anilines is 2. The summed E-state index contributed by atoms with van der Waals surface area (Å²) in [6.45, 7) is 3.73. The van der Waals surface area contributed by atoms with Crippen LogP contribution in [0.2, 0.25) is 0 Å². The normalized spacial score (nSPS) is 13.2. The quantitative estimate of drug-likeness (QED) is 0.705. The first-order valence-corrected chi connectivity index (χ1v) is 8.69. The third-order valence-corrected chi connectivity index (χ3v) is 4.83. The summed E-state index contributed by atoms with van der Waals surface area (Å²) in [7, 11) is 0. The lowest BCUT2D eigenvalue weighted by Crippen LogP contribution is -2.29. The van der Waals surface area contributed by atoms with E-state index in [-0.39, 0.29) is 12.4 Å². The molecule has 2 N–H and O–H groups in total. The molecule has 4 rings (SSSR count). The molecule has 2 heterocycles. The van der Waals surface area contributed by atoms with E-state index in [0.29, 0.717) is 18.9 Å². The van der Waals surface area contributed by atoms with Crippen molar-refractivity contribution in [1.29, 1.82) is 0 Å². The number of rotatable bonds is 4. The van der Waals surface area contributed by atoms with E-state index in [2.05, 4.69) is 40.2 Å². The Hall–Kier alpha value is -2.53. The van der Waals surface area contributed by atoms with Crippen molar-refractivity contribution in [2.75, 3.05) is 17.2 Å². The minimum Gasteiger partial charge on any atom is -0.398 e. The first-order chi connectivity index (χ1) is 12.2. The number of benzene rings is 2. The molecule has 1 aromatic heterocycles. The molecule has 0 spiro atoms. The van der Waals surface area contributed by atoms with Crippen molar-refractivity contribution in [2.24, 2.45) is 0 Å². The van der Waals surface area contributed by atoms with E-state index in [1.807, 2.05) is 24.3 Å². The van der Waals surface area contributed by atoms with Crippen molar-refractivity contribution in [3.63, 3.8) is 0 Å². The lowest BCUT2D eigenvalue weighted by Gasteiger charge is -2.30. The van der Waals surface area contributed by atoms with Crippen molar-refractivity contribution in [3.05, 3.63) is 70.9 Å². The molecule has 1 aliphatic heterocycles. The van der Waals surface area contributed by atoms with Crippen molar-refractivity contribution in [1.82, 2.24) is 10.1 Å². The van der Waals surface area contributed by atoms with Gasteiger partial charge in [-0.25, -0.2) is 0 Å². The molecule has 3 aromatic rings. The van der Waals surface area contributed by atoms with Gasteiger partial charge in [0, 0.05) is 17.9 Å². The first kappa shape index (κ1) is 18.3. The molecule has 5 nitrogen and oxygen atoms in total. The average molecular weight is 371 g/mol. The second-order valence-electron chi connectivity index (χ2n) is 6.58. The van der Waals surface area contributed by atoms with E-state index >= 15 is 0 Å². The molecule has 0 saturated carbocycles. The Morgan fingerprint density at radius 1 is 1.15 bits per heavy atom. The standard InChI is InChI=1S/C20H22N4O.ClH/c1-14-6-2-3-7-15(14)12-20-22-19(23-25-20)13-24-11-5-8-16-17(21)9-4-10-18(16)24;/h2-4,6-7,9-10H,5,8,11-13,21H2,1H3;1H. The van der Waals surface area contributed by atoms with E-state index in [0.717, 1.165) is 30.9 Å². The molecule has 0 amide bonds. The summed E-state index contributed by atoms with van der Waals surface area (Å²) < 4.78 is 5.46. The monoisotopic (exact) mass is 370 g/mol. The van der Waals surface area contributed by atoms with E-state index in [1.54, 1.807) is 0 Å². The van der Waals surface area contributed by atoms with E-state index in [9.17, 15) is 0 Å². The molecule has 0 atom stereocenters. The number of aryl methyl sites for hydroxylation is 1. The summed E-state index contributed by atoms with van der Waals surface area (Å²) in [6.07, 6.45) is 2.79. The maximum atomic E-state index is 6.12. The van der Waals surface area contributed by atoms with Crippen LogP contribution in [0.4, 0.5) is 11.4 Å². The maximum Gasteiger partial charge on any atom is 0.231 e. The third-order valence-electron chi connectivity index (χ3n) is 4.83. The minimum atomic E-state index is 0. The molecule has 26 heavy (non-hydrogen) atoms. The molecule has 0 unspecified atom stereocenters. The van der Waals surface area contributed by atoms with Gasteiger partial charge in [-0.15, -0.1) is 12.4 Å². The predicted octanol–water partition coefficient (Wildman–Crippen LogP) is 3.93. The van der Waals surface area contributed by atoms with E-state index < -0.39 is 0 Å². The van der Waals surface area contributed by atoms with Crippen LogP contribution in [0.1, 0.15) is 34.8 Å². The number of hydrogen-bond acceptors (Lipinski definition) is 5. The molecule has 6 heteroatoms. The molecular weight excluding hydrogens is 348 g/mol. The van der Waals surface area contributed by atoms with Crippen LogP contribution in [0.5, 0.6) is 0 Å². The highest BCUT2D eigenvalue weighted by molar-refractivity contribution is 5.85. The van der Waals surface area contributed by atoms with Crippen LogP contribution in [0.25, 0.3) is 0 Å². The van der Waals surface area contributed by atoms with Gasteiger partial charge in [0.1, 0.15) is 0 Å². The number of hydrogen-bond donors (Lipinski definition) is 1. The van der Waals surface area contributed by atoms with Crippen LogP contribution in [0, 0.1) is 6.92 Å². The van der Waals surface area contributed by atoms with Gasteiger partial charge in [0.2, 0.25) is 5.89 Å². The zero-order valence-corrected chi connectivity index (χ0v) is 15.6. The Bertz CT molecular complexity index is 893. The molecular formula is C20H23ClN4O. The highest BCUT2D eigenvalue weighted by Crippen LogP contribution is 2.31. The zero-order valence-electron chi connectivity index (χ0n) is 14.8. The van der Waals surface area contributed by atoms with Gasteiger partial charge in [0.25, 0.3) is 0 Å². The highest BCUT2D eigenvalue weighted by atomic mass is 35.5. The lowest BCUT2D eigenvalue weighted by atomic mass is 10.00. The molecule has 0 aliphatic carbocycles. The molecule has 0 bridgehead atoms.